The molecule has 0 aliphatic rings. The molecule has 0 bridgehead atoms. The van der Waals surface area contributed by atoms with E-state index in [1.807, 2.05) is 30.3 Å². The molecule has 0 aliphatic heterocycles. The number of aromatic nitrogens is 1. The van der Waals surface area contributed by atoms with Crippen LogP contribution in [0, 0.1) is 0 Å². The zero-order valence-corrected chi connectivity index (χ0v) is 11.6. The van der Waals surface area contributed by atoms with Crippen molar-refractivity contribution in [3.05, 3.63) is 42.3 Å². The number of carboxylic acid groups (broad SMARTS) is 1. The van der Waals surface area contributed by atoms with Crippen molar-refractivity contribution in [2.24, 2.45) is 0 Å². The van der Waals surface area contributed by atoms with E-state index in [-0.39, 0.29) is 24.1 Å². The number of amides is 1. The van der Waals surface area contributed by atoms with Gasteiger partial charge in [-0.2, -0.15) is 0 Å². The third-order valence-electron chi connectivity index (χ3n) is 2.93. The molecule has 1 amide bonds. The van der Waals surface area contributed by atoms with E-state index in [1.54, 1.807) is 6.92 Å². The Balaban J connectivity index is 1.98. The number of nitrogens with zero attached hydrogens (tertiary/aromatic N) is 1. The first-order valence-corrected chi connectivity index (χ1v) is 6.60. The Bertz CT molecular complexity index is 622. The molecule has 0 fully saturated rings. The van der Waals surface area contributed by atoms with Crippen LogP contribution in [-0.2, 0) is 4.79 Å². The second-order valence-electron chi connectivity index (χ2n) is 4.71. The minimum Gasteiger partial charge on any atom is -0.481 e. The molecule has 1 heterocycles. The molecular weight excluding hydrogens is 272 g/mol. The molecule has 6 heteroatoms. The summed E-state index contributed by atoms with van der Waals surface area (Å²) in [5.41, 5.74) is 0.964. The van der Waals surface area contributed by atoms with E-state index < -0.39 is 5.97 Å². The van der Waals surface area contributed by atoms with E-state index in [9.17, 15) is 9.59 Å². The van der Waals surface area contributed by atoms with Gasteiger partial charge in [0, 0.05) is 18.0 Å². The molecule has 1 atom stereocenters. The lowest BCUT2D eigenvalue weighted by Crippen LogP contribution is -2.33. The zero-order valence-electron chi connectivity index (χ0n) is 11.6. The number of hydrogen-bond donors (Lipinski definition) is 2. The van der Waals surface area contributed by atoms with Crippen LogP contribution in [0.1, 0.15) is 30.3 Å². The first-order chi connectivity index (χ1) is 10.1. The van der Waals surface area contributed by atoms with Crippen molar-refractivity contribution in [2.45, 2.75) is 25.8 Å². The van der Waals surface area contributed by atoms with Crippen molar-refractivity contribution in [2.75, 3.05) is 0 Å². The number of benzene rings is 1. The topological polar surface area (TPSA) is 92.4 Å². The minimum atomic E-state index is -0.885. The third-order valence-corrected chi connectivity index (χ3v) is 2.93. The van der Waals surface area contributed by atoms with Crippen LogP contribution in [0.5, 0.6) is 0 Å². The van der Waals surface area contributed by atoms with Crippen LogP contribution in [0.4, 0.5) is 0 Å². The Morgan fingerprint density at radius 2 is 2.05 bits per heavy atom. The Morgan fingerprint density at radius 3 is 2.71 bits per heavy atom. The SMILES string of the molecule is CC(CCC(=O)O)NC(=O)c1coc(-c2ccccc2)n1. The maximum absolute atomic E-state index is 12.0. The van der Waals surface area contributed by atoms with E-state index in [0.717, 1.165) is 5.56 Å². The van der Waals surface area contributed by atoms with Gasteiger partial charge in [0.1, 0.15) is 6.26 Å². The van der Waals surface area contributed by atoms with Gasteiger partial charge < -0.3 is 14.8 Å². The van der Waals surface area contributed by atoms with Crippen LogP contribution in [0.25, 0.3) is 11.5 Å². The van der Waals surface area contributed by atoms with Crippen molar-refractivity contribution in [3.8, 4) is 11.5 Å². The highest BCUT2D eigenvalue weighted by molar-refractivity contribution is 5.92. The molecule has 110 valence electrons. The summed E-state index contributed by atoms with van der Waals surface area (Å²) in [6.45, 7) is 1.75. The molecule has 21 heavy (non-hydrogen) atoms. The summed E-state index contributed by atoms with van der Waals surface area (Å²) in [5, 5.41) is 11.3. The zero-order chi connectivity index (χ0) is 15.2. The van der Waals surface area contributed by atoms with Crippen LogP contribution in [0.2, 0.25) is 0 Å². The quantitative estimate of drug-likeness (QED) is 0.851. The Hall–Kier alpha value is -2.63. The molecule has 6 nitrogen and oxygen atoms in total. The second kappa shape index (κ2) is 6.69. The molecule has 0 spiro atoms. The van der Waals surface area contributed by atoms with Gasteiger partial charge in [-0.25, -0.2) is 4.98 Å². The lowest BCUT2D eigenvalue weighted by atomic mass is 10.2. The van der Waals surface area contributed by atoms with Gasteiger partial charge in [-0.05, 0) is 25.5 Å². The highest BCUT2D eigenvalue weighted by Gasteiger charge is 2.15. The summed E-state index contributed by atoms with van der Waals surface area (Å²) < 4.78 is 5.29. The predicted octanol–water partition coefficient (Wildman–Crippen LogP) is 2.32. The minimum absolute atomic E-state index is 0.00945. The average Bonchev–Trinajstić information content (AvgIpc) is 2.96. The monoisotopic (exact) mass is 288 g/mol. The maximum atomic E-state index is 12.0. The van der Waals surface area contributed by atoms with Gasteiger partial charge in [-0.3, -0.25) is 9.59 Å². The molecule has 0 saturated carbocycles. The largest absolute Gasteiger partial charge is 0.481 e. The molecule has 2 aromatic rings. The van der Waals surface area contributed by atoms with Gasteiger partial charge >= 0.3 is 5.97 Å². The first kappa shape index (κ1) is 14.8. The summed E-state index contributed by atoms with van der Waals surface area (Å²) in [4.78, 5) is 26.6. The fourth-order valence-corrected chi connectivity index (χ4v) is 1.80. The number of carbonyl (C=O) groups excluding carboxylic acids is 1. The van der Waals surface area contributed by atoms with E-state index in [2.05, 4.69) is 10.3 Å². The van der Waals surface area contributed by atoms with Crippen molar-refractivity contribution < 1.29 is 19.1 Å². The highest BCUT2D eigenvalue weighted by atomic mass is 16.4. The first-order valence-electron chi connectivity index (χ1n) is 6.60. The molecule has 1 aromatic carbocycles. The molecule has 0 saturated heterocycles. The molecule has 0 radical (unpaired) electrons. The molecule has 2 N–H and O–H groups in total. The lowest BCUT2D eigenvalue weighted by Gasteiger charge is -2.10. The van der Waals surface area contributed by atoms with Gasteiger partial charge in [0.15, 0.2) is 5.69 Å². The van der Waals surface area contributed by atoms with Crippen LogP contribution in [-0.4, -0.2) is 28.0 Å². The summed E-state index contributed by atoms with van der Waals surface area (Å²) in [6.07, 6.45) is 1.67. The second-order valence-corrected chi connectivity index (χ2v) is 4.71. The van der Waals surface area contributed by atoms with Crippen LogP contribution < -0.4 is 5.32 Å². The number of oxazole rings is 1. The predicted molar refractivity (Wildman–Crippen MR) is 75.7 cm³/mol. The number of hydrogen-bond acceptors (Lipinski definition) is 4. The maximum Gasteiger partial charge on any atom is 0.303 e. The van der Waals surface area contributed by atoms with Gasteiger partial charge in [0.2, 0.25) is 5.89 Å². The van der Waals surface area contributed by atoms with Crippen molar-refractivity contribution in [1.82, 2.24) is 10.3 Å². The van der Waals surface area contributed by atoms with Crippen LogP contribution in [0.3, 0.4) is 0 Å². The van der Waals surface area contributed by atoms with Crippen molar-refractivity contribution in [1.29, 1.82) is 0 Å². The van der Waals surface area contributed by atoms with E-state index in [1.165, 1.54) is 6.26 Å². The van der Waals surface area contributed by atoms with Crippen LogP contribution >= 0.6 is 0 Å². The van der Waals surface area contributed by atoms with E-state index in [4.69, 9.17) is 9.52 Å². The fourth-order valence-electron chi connectivity index (χ4n) is 1.80. The van der Waals surface area contributed by atoms with Gasteiger partial charge in [0.25, 0.3) is 5.91 Å². The normalized spacial score (nSPS) is 11.9. The summed E-state index contributed by atoms with van der Waals surface area (Å²) in [7, 11) is 0. The van der Waals surface area contributed by atoms with Gasteiger partial charge in [0.05, 0.1) is 0 Å². The molecular formula is C15H16N2O4. The molecule has 0 aliphatic carbocycles. The summed E-state index contributed by atoms with van der Waals surface area (Å²) >= 11 is 0. The number of carbonyl (C=O) groups is 2. The smallest absolute Gasteiger partial charge is 0.303 e. The Kier molecular flexibility index (Phi) is 4.71. The fraction of sp³-hybridized carbons (Fsp3) is 0.267. The van der Waals surface area contributed by atoms with Gasteiger partial charge in [-0.15, -0.1) is 0 Å². The van der Waals surface area contributed by atoms with Crippen molar-refractivity contribution in [3.63, 3.8) is 0 Å². The number of nitrogens with one attached hydrogen (secondary N) is 1. The van der Waals surface area contributed by atoms with Gasteiger partial charge in [-0.1, -0.05) is 18.2 Å². The molecule has 2 rings (SSSR count). The number of aliphatic carboxylic acids is 1. The van der Waals surface area contributed by atoms with Crippen LogP contribution in [0.15, 0.2) is 41.0 Å². The molecule has 1 unspecified atom stereocenters. The number of rotatable bonds is 6. The summed E-state index contributed by atoms with van der Waals surface area (Å²) in [5.74, 6) is -0.887. The third kappa shape index (κ3) is 4.17. The Morgan fingerprint density at radius 1 is 1.33 bits per heavy atom. The Labute approximate surface area is 121 Å². The highest BCUT2D eigenvalue weighted by Crippen LogP contribution is 2.17. The standard InChI is InChI=1S/C15H16N2O4/c1-10(7-8-13(18)19)16-14(20)12-9-21-15(17-12)11-5-3-2-4-6-11/h2-6,9-10H,7-8H2,1H3,(H,16,20)(H,18,19). The van der Waals surface area contributed by atoms with Crippen molar-refractivity contribution >= 4 is 11.9 Å². The molecule has 1 aromatic heterocycles. The van der Waals surface area contributed by atoms with E-state index in [0.29, 0.717) is 12.3 Å². The lowest BCUT2D eigenvalue weighted by molar-refractivity contribution is -0.137. The summed E-state index contributed by atoms with van der Waals surface area (Å²) in [6, 6.07) is 9.02. The average molecular weight is 288 g/mol. The number of carboxylic acids is 1. The van der Waals surface area contributed by atoms with E-state index >= 15 is 0 Å².